The van der Waals surface area contributed by atoms with E-state index in [2.05, 4.69) is 0 Å². The molecule has 0 heterocycles. The standard InChI is InChI=1S/C14H22N2O5S/c1-14(2,3)21-13(17)16(4)9-10-20-11-5-7-12(8-6-11)22(15,18)19/h5-8H,9-10H2,1-4H3,(H2,15,18,19). The van der Waals surface area contributed by atoms with Gasteiger partial charge in [-0.1, -0.05) is 0 Å². The van der Waals surface area contributed by atoms with Gasteiger partial charge in [-0.3, -0.25) is 0 Å². The van der Waals surface area contributed by atoms with Crippen molar-refractivity contribution < 1.29 is 22.7 Å². The van der Waals surface area contributed by atoms with Crippen molar-refractivity contribution in [2.24, 2.45) is 5.14 Å². The van der Waals surface area contributed by atoms with Crippen LogP contribution in [0, 0.1) is 0 Å². The molecule has 0 fully saturated rings. The number of amides is 1. The fourth-order valence-electron chi connectivity index (χ4n) is 1.46. The molecule has 0 bridgehead atoms. The lowest BCUT2D eigenvalue weighted by Crippen LogP contribution is -2.36. The van der Waals surface area contributed by atoms with Gasteiger partial charge >= 0.3 is 6.09 Å². The molecule has 0 saturated heterocycles. The van der Waals surface area contributed by atoms with Crippen molar-refractivity contribution in [1.82, 2.24) is 4.90 Å². The number of carbonyl (C=O) groups excluding carboxylic acids is 1. The summed E-state index contributed by atoms with van der Waals surface area (Å²) in [5.74, 6) is 0.491. The molecular weight excluding hydrogens is 308 g/mol. The van der Waals surface area contributed by atoms with E-state index in [1.165, 1.54) is 29.2 Å². The number of nitrogens with two attached hydrogens (primary N) is 1. The Morgan fingerprint density at radius 1 is 1.23 bits per heavy atom. The maximum Gasteiger partial charge on any atom is 0.410 e. The molecule has 7 nitrogen and oxygen atoms in total. The van der Waals surface area contributed by atoms with Crippen LogP contribution in [0.1, 0.15) is 20.8 Å². The van der Waals surface area contributed by atoms with E-state index in [-0.39, 0.29) is 11.5 Å². The summed E-state index contributed by atoms with van der Waals surface area (Å²) in [6, 6.07) is 5.74. The first kappa shape index (κ1) is 18.2. The summed E-state index contributed by atoms with van der Waals surface area (Å²) in [4.78, 5) is 13.1. The third-order valence-electron chi connectivity index (χ3n) is 2.55. The molecular formula is C14H22N2O5S. The molecule has 0 atom stereocenters. The fraction of sp³-hybridized carbons (Fsp3) is 0.500. The largest absolute Gasteiger partial charge is 0.492 e. The molecule has 0 aromatic heterocycles. The SMILES string of the molecule is CN(CCOc1ccc(S(N)(=O)=O)cc1)C(=O)OC(C)(C)C. The van der Waals surface area contributed by atoms with Gasteiger partial charge in [0.1, 0.15) is 18.0 Å². The second kappa shape index (κ2) is 6.97. The van der Waals surface area contributed by atoms with Crippen molar-refractivity contribution in [3.8, 4) is 5.75 Å². The first-order valence-corrected chi connectivity index (χ1v) is 8.23. The van der Waals surface area contributed by atoms with E-state index < -0.39 is 21.7 Å². The van der Waals surface area contributed by atoms with Crippen LogP contribution in [0.15, 0.2) is 29.2 Å². The highest BCUT2D eigenvalue weighted by Crippen LogP contribution is 2.15. The Morgan fingerprint density at radius 2 is 1.77 bits per heavy atom. The van der Waals surface area contributed by atoms with Crippen LogP contribution in [0.3, 0.4) is 0 Å². The predicted octanol–water partition coefficient (Wildman–Crippen LogP) is 1.58. The smallest absolute Gasteiger partial charge is 0.410 e. The topological polar surface area (TPSA) is 98.9 Å². The highest BCUT2D eigenvalue weighted by molar-refractivity contribution is 7.89. The van der Waals surface area contributed by atoms with Crippen LogP contribution in [0.4, 0.5) is 4.79 Å². The highest BCUT2D eigenvalue weighted by Gasteiger charge is 2.19. The Balaban J connectivity index is 2.46. The van der Waals surface area contributed by atoms with Crippen molar-refractivity contribution in [3.05, 3.63) is 24.3 Å². The van der Waals surface area contributed by atoms with Crippen LogP contribution in [0.5, 0.6) is 5.75 Å². The highest BCUT2D eigenvalue weighted by atomic mass is 32.2. The van der Waals surface area contributed by atoms with Gasteiger partial charge in [-0.05, 0) is 45.0 Å². The van der Waals surface area contributed by atoms with E-state index in [0.29, 0.717) is 12.3 Å². The maximum absolute atomic E-state index is 11.7. The van der Waals surface area contributed by atoms with Gasteiger partial charge in [0.05, 0.1) is 11.4 Å². The van der Waals surface area contributed by atoms with E-state index in [0.717, 1.165) is 0 Å². The first-order chi connectivity index (χ1) is 9.99. The summed E-state index contributed by atoms with van der Waals surface area (Å²) >= 11 is 0. The number of likely N-dealkylation sites (N-methyl/N-ethyl adjacent to an activating group) is 1. The van der Waals surface area contributed by atoms with Gasteiger partial charge in [-0.25, -0.2) is 18.4 Å². The van der Waals surface area contributed by atoms with Crippen LogP contribution in [-0.2, 0) is 14.8 Å². The number of carbonyl (C=O) groups is 1. The van der Waals surface area contributed by atoms with Gasteiger partial charge in [-0.15, -0.1) is 0 Å². The third kappa shape index (κ3) is 6.31. The summed E-state index contributed by atoms with van der Waals surface area (Å²) < 4.78 is 32.9. The molecule has 1 amide bonds. The zero-order chi connectivity index (χ0) is 17.0. The lowest BCUT2D eigenvalue weighted by Gasteiger charge is -2.24. The number of hydrogen-bond acceptors (Lipinski definition) is 5. The van der Waals surface area contributed by atoms with E-state index in [4.69, 9.17) is 14.6 Å². The van der Waals surface area contributed by atoms with Crippen molar-refractivity contribution in [1.29, 1.82) is 0 Å². The van der Waals surface area contributed by atoms with Crippen LogP contribution in [-0.4, -0.2) is 45.2 Å². The number of rotatable bonds is 5. The number of nitrogens with zero attached hydrogens (tertiary/aromatic N) is 1. The third-order valence-corrected chi connectivity index (χ3v) is 3.48. The van der Waals surface area contributed by atoms with Crippen LogP contribution < -0.4 is 9.88 Å². The molecule has 8 heteroatoms. The van der Waals surface area contributed by atoms with Crippen molar-refractivity contribution >= 4 is 16.1 Å². The Kier molecular flexibility index (Phi) is 5.78. The van der Waals surface area contributed by atoms with Gasteiger partial charge in [0.15, 0.2) is 0 Å². The zero-order valence-corrected chi connectivity index (χ0v) is 14.0. The Labute approximate surface area is 131 Å². The lowest BCUT2D eigenvalue weighted by atomic mass is 10.2. The van der Waals surface area contributed by atoms with Gasteiger partial charge in [-0.2, -0.15) is 0 Å². The van der Waals surface area contributed by atoms with Crippen molar-refractivity contribution in [2.45, 2.75) is 31.3 Å². The molecule has 0 aliphatic heterocycles. The minimum atomic E-state index is -3.71. The second-order valence-corrected chi connectivity index (χ2v) is 7.33. The average Bonchev–Trinajstić information content (AvgIpc) is 2.36. The molecule has 1 aromatic rings. The lowest BCUT2D eigenvalue weighted by molar-refractivity contribution is 0.0278. The summed E-state index contributed by atoms with van der Waals surface area (Å²) in [7, 11) is -2.09. The van der Waals surface area contributed by atoms with Crippen molar-refractivity contribution in [2.75, 3.05) is 20.2 Å². The number of primary sulfonamides is 1. The van der Waals surface area contributed by atoms with Crippen LogP contribution in [0.25, 0.3) is 0 Å². The van der Waals surface area contributed by atoms with Gasteiger partial charge < -0.3 is 14.4 Å². The van der Waals surface area contributed by atoms with Crippen LogP contribution in [0.2, 0.25) is 0 Å². The summed E-state index contributed by atoms with van der Waals surface area (Å²) in [6.07, 6.45) is -0.430. The number of benzene rings is 1. The number of hydrogen-bond donors (Lipinski definition) is 1. The number of ether oxygens (including phenoxy) is 2. The Hall–Kier alpha value is -1.80. The van der Waals surface area contributed by atoms with E-state index >= 15 is 0 Å². The second-order valence-electron chi connectivity index (χ2n) is 5.77. The molecule has 0 radical (unpaired) electrons. The van der Waals surface area contributed by atoms with Crippen LogP contribution >= 0.6 is 0 Å². The molecule has 22 heavy (non-hydrogen) atoms. The quantitative estimate of drug-likeness (QED) is 0.883. The van der Waals surface area contributed by atoms with E-state index in [1.807, 2.05) is 0 Å². The molecule has 124 valence electrons. The van der Waals surface area contributed by atoms with Crippen molar-refractivity contribution in [3.63, 3.8) is 0 Å². The zero-order valence-electron chi connectivity index (χ0n) is 13.2. The minimum Gasteiger partial charge on any atom is -0.492 e. The molecule has 0 aliphatic rings. The monoisotopic (exact) mass is 330 g/mol. The molecule has 1 rings (SSSR count). The molecule has 0 spiro atoms. The molecule has 1 aromatic carbocycles. The number of sulfonamides is 1. The van der Waals surface area contributed by atoms with Gasteiger partial charge in [0.25, 0.3) is 0 Å². The fourth-order valence-corrected chi connectivity index (χ4v) is 1.97. The predicted molar refractivity (Wildman–Crippen MR) is 82.2 cm³/mol. The molecule has 0 saturated carbocycles. The molecule has 0 unspecified atom stereocenters. The summed E-state index contributed by atoms with van der Waals surface area (Å²) in [5.41, 5.74) is -0.546. The summed E-state index contributed by atoms with van der Waals surface area (Å²) in [6.45, 7) is 5.98. The summed E-state index contributed by atoms with van der Waals surface area (Å²) in [5, 5.41) is 5.00. The van der Waals surface area contributed by atoms with E-state index in [9.17, 15) is 13.2 Å². The molecule has 0 aliphatic carbocycles. The first-order valence-electron chi connectivity index (χ1n) is 6.69. The van der Waals surface area contributed by atoms with Gasteiger partial charge in [0, 0.05) is 7.05 Å². The molecule has 2 N–H and O–H groups in total. The normalized spacial score (nSPS) is 11.9. The average molecular weight is 330 g/mol. The maximum atomic E-state index is 11.7. The minimum absolute atomic E-state index is 0.0192. The van der Waals surface area contributed by atoms with Gasteiger partial charge in [0.2, 0.25) is 10.0 Å². The Bertz CT molecular complexity index is 605. The Morgan fingerprint density at radius 3 is 2.23 bits per heavy atom. The van der Waals surface area contributed by atoms with E-state index in [1.54, 1.807) is 27.8 Å².